The van der Waals surface area contributed by atoms with Crippen LogP contribution in [-0.2, 0) is 7.05 Å². The summed E-state index contributed by atoms with van der Waals surface area (Å²) < 4.78 is 1.60. The number of aromatic nitrogens is 2. The Balaban J connectivity index is 2.24. The molecule has 18 heavy (non-hydrogen) atoms. The second-order valence-corrected chi connectivity index (χ2v) is 4.10. The Morgan fingerprint density at radius 1 is 1.33 bits per heavy atom. The van der Waals surface area contributed by atoms with Gasteiger partial charge in [-0.1, -0.05) is 0 Å². The molecule has 94 valence electrons. The van der Waals surface area contributed by atoms with Gasteiger partial charge in [-0.25, -0.2) is 0 Å². The zero-order valence-corrected chi connectivity index (χ0v) is 10.3. The van der Waals surface area contributed by atoms with E-state index in [1.54, 1.807) is 36.0 Å². The van der Waals surface area contributed by atoms with Crippen LogP contribution in [0.5, 0.6) is 0 Å². The Hall–Kier alpha value is -2.50. The summed E-state index contributed by atoms with van der Waals surface area (Å²) in [4.78, 5) is 12.0. The Labute approximate surface area is 105 Å². The molecule has 2 aromatic rings. The van der Waals surface area contributed by atoms with Gasteiger partial charge < -0.3 is 16.8 Å². The lowest BCUT2D eigenvalue weighted by Crippen LogP contribution is -2.16. The van der Waals surface area contributed by atoms with Crippen LogP contribution in [0.4, 0.5) is 17.2 Å². The molecule has 0 aliphatic heterocycles. The van der Waals surface area contributed by atoms with Crippen molar-refractivity contribution in [1.29, 1.82) is 0 Å². The van der Waals surface area contributed by atoms with Crippen LogP contribution in [-0.4, -0.2) is 15.7 Å². The maximum absolute atomic E-state index is 12.0. The average Bonchev–Trinajstić information content (AvgIpc) is 2.57. The van der Waals surface area contributed by atoms with Gasteiger partial charge >= 0.3 is 0 Å². The number of rotatable bonds is 2. The third-order valence-corrected chi connectivity index (χ3v) is 2.56. The van der Waals surface area contributed by atoms with Gasteiger partial charge in [0.2, 0.25) is 0 Å². The van der Waals surface area contributed by atoms with Crippen molar-refractivity contribution in [3.05, 3.63) is 35.5 Å². The van der Waals surface area contributed by atoms with Crippen molar-refractivity contribution in [2.75, 3.05) is 16.8 Å². The molecule has 1 heterocycles. The molecule has 6 heteroatoms. The quantitative estimate of drug-likeness (QED) is 0.691. The number of aryl methyl sites for hydroxylation is 2. The smallest absolute Gasteiger partial charge is 0.258 e. The van der Waals surface area contributed by atoms with Gasteiger partial charge in [-0.3, -0.25) is 9.48 Å². The molecule has 0 bridgehead atoms. The summed E-state index contributed by atoms with van der Waals surface area (Å²) in [6.07, 6.45) is 0. The molecule has 1 aromatic carbocycles. The minimum absolute atomic E-state index is 0.282. The molecular formula is C12H15N5O. The van der Waals surface area contributed by atoms with Crippen LogP contribution in [0.1, 0.15) is 16.1 Å². The first-order valence-corrected chi connectivity index (χ1v) is 5.44. The predicted molar refractivity (Wildman–Crippen MR) is 71.2 cm³/mol. The number of nitrogens with one attached hydrogen (secondary N) is 1. The molecule has 0 unspecified atom stereocenters. The zero-order chi connectivity index (χ0) is 13.3. The third-order valence-electron chi connectivity index (χ3n) is 2.56. The largest absolute Gasteiger partial charge is 0.399 e. The molecule has 0 aliphatic rings. The molecule has 1 amide bonds. The molecule has 0 spiro atoms. The van der Waals surface area contributed by atoms with E-state index in [0.29, 0.717) is 22.8 Å². The first-order chi connectivity index (χ1) is 8.47. The number of hydrogen-bond acceptors (Lipinski definition) is 4. The average molecular weight is 245 g/mol. The van der Waals surface area contributed by atoms with Crippen LogP contribution >= 0.6 is 0 Å². The van der Waals surface area contributed by atoms with Crippen molar-refractivity contribution in [1.82, 2.24) is 9.78 Å². The molecule has 6 nitrogen and oxygen atoms in total. The summed E-state index contributed by atoms with van der Waals surface area (Å²) in [5.41, 5.74) is 13.4. The number of hydrogen-bond donors (Lipinski definition) is 3. The van der Waals surface area contributed by atoms with E-state index in [2.05, 4.69) is 10.4 Å². The zero-order valence-electron chi connectivity index (χ0n) is 10.3. The molecule has 0 fully saturated rings. The van der Waals surface area contributed by atoms with E-state index in [9.17, 15) is 4.79 Å². The second-order valence-electron chi connectivity index (χ2n) is 4.10. The van der Waals surface area contributed by atoms with Crippen molar-refractivity contribution >= 4 is 23.1 Å². The van der Waals surface area contributed by atoms with Gasteiger partial charge in [0.15, 0.2) is 0 Å². The monoisotopic (exact) mass is 245 g/mol. The SMILES string of the molecule is Cc1cc(NC(=O)c2ccc(N)cc2N)n(C)n1. The minimum atomic E-state index is -0.282. The van der Waals surface area contributed by atoms with Gasteiger partial charge in [0, 0.05) is 24.5 Å². The number of nitrogens with zero attached hydrogens (tertiary/aromatic N) is 2. The number of amides is 1. The summed E-state index contributed by atoms with van der Waals surface area (Å²) in [6, 6.07) is 6.58. The summed E-state index contributed by atoms with van der Waals surface area (Å²) in [5, 5.41) is 6.89. The number of carbonyl (C=O) groups is 1. The van der Waals surface area contributed by atoms with Gasteiger partial charge in [-0.2, -0.15) is 5.10 Å². The number of benzene rings is 1. The number of anilines is 3. The van der Waals surface area contributed by atoms with Crippen molar-refractivity contribution in [3.8, 4) is 0 Å². The Kier molecular flexibility index (Phi) is 2.93. The molecule has 0 radical (unpaired) electrons. The number of nitrogens with two attached hydrogens (primary N) is 2. The van der Waals surface area contributed by atoms with Crippen LogP contribution in [0.2, 0.25) is 0 Å². The third kappa shape index (κ3) is 2.27. The van der Waals surface area contributed by atoms with Crippen LogP contribution in [0, 0.1) is 6.92 Å². The first-order valence-electron chi connectivity index (χ1n) is 5.44. The summed E-state index contributed by atoms with van der Waals surface area (Å²) in [5.74, 6) is 0.337. The second kappa shape index (κ2) is 4.40. The van der Waals surface area contributed by atoms with E-state index in [1.165, 1.54) is 0 Å². The fraction of sp³-hybridized carbons (Fsp3) is 0.167. The van der Waals surface area contributed by atoms with Crippen LogP contribution < -0.4 is 16.8 Å². The van der Waals surface area contributed by atoms with Crippen molar-refractivity contribution in [3.63, 3.8) is 0 Å². The molecule has 0 saturated carbocycles. The summed E-state index contributed by atoms with van der Waals surface area (Å²) >= 11 is 0. The van der Waals surface area contributed by atoms with Gasteiger partial charge in [0.05, 0.1) is 11.3 Å². The predicted octanol–water partition coefficient (Wildman–Crippen LogP) is 1.15. The Bertz CT molecular complexity index is 603. The normalized spacial score (nSPS) is 10.3. The van der Waals surface area contributed by atoms with E-state index in [0.717, 1.165) is 5.69 Å². The lowest BCUT2D eigenvalue weighted by atomic mass is 10.1. The lowest BCUT2D eigenvalue weighted by molar-refractivity contribution is 0.102. The molecule has 2 rings (SSSR count). The minimum Gasteiger partial charge on any atom is -0.399 e. The van der Waals surface area contributed by atoms with Crippen LogP contribution in [0.3, 0.4) is 0 Å². The van der Waals surface area contributed by atoms with Crippen LogP contribution in [0.15, 0.2) is 24.3 Å². The molecular weight excluding hydrogens is 230 g/mol. The summed E-state index contributed by atoms with van der Waals surface area (Å²) in [6.45, 7) is 1.85. The van der Waals surface area contributed by atoms with E-state index in [4.69, 9.17) is 11.5 Å². The fourth-order valence-electron chi connectivity index (χ4n) is 1.70. The van der Waals surface area contributed by atoms with E-state index < -0.39 is 0 Å². The molecule has 0 aliphatic carbocycles. The number of nitrogen functional groups attached to an aromatic ring is 2. The van der Waals surface area contributed by atoms with Crippen LogP contribution in [0.25, 0.3) is 0 Å². The van der Waals surface area contributed by atoms with Gasteiger partial charge in [-0.05, 0) is 25.1 Å². The number of carbonyl (C=O) groups excluding carboxylic acids is 1. The van der Waals surface area contributed by atoms with E-state index >= 15 is 0 Å². The highest BCUT2D eigenvalue weighted by atomic mass is 16.1. The summed E-state index contributed by atoms with van der Waals surface area (Å²) in [7, 11) is 1.76. The topological polar surface area (TPSA) is 99.0 Å². The van der Waals surface area contributed by atoms with E-state index in [1.807, 2.05) is 6.92 Å². The van der Waals surface area contributed by atoms with Crippen molar-refractivity contribution in [2.24, 2.45) is 7.05 Å². The maximum atomic E-state index is 12.0. The van der Waals surface area contributed by atoms with Crippen molar-refractivity contribution < 1.29 is 4.79 Å². The first kappa shape index (κ1) is 12.0. The molecule has 0 saturated heterocycles. The van der Waals surface area contributed by atoms with Gasteiger partial charge in [0.25, 0.3) is 5.91 Å². The maximum Gasteiger partial charge on any atom is 0.258 e. The standard InChI is InChI=1S/C12H15N5O/c1-7-5-11(17(2)16-7)15-12(18)9-4-3-8(13)6-10(9)14/h3-6H,13-14H2,1-2H3,(H,15,18). The highest BCUT2D eigenvalue weighted by molar-refractivity contribution is 6.07. The fourth-order valence-corrected chi connectivity index (χ4v) is 1.70. The molecule has 5 N–H and O–H groups in total. The Morgan fingerprint density at radius 2 is 2.06 bits per heavy atom. The highest BCUT2D eigenvalue weighted by Crippen LogP contribution is 2.17. The highest BCUT2D eigenvalue weighted by Gasteiger charge is 2.12. The van der Waals surface area contributed by atoms with Gasteiger partial charge in [-0.15, -0.1) is 0 Å². The molecule has 1 aromatic heterocycles. The van der Waals surface area contributed by atoms with Crippen molar-refractivity contribution in [2.45, 2.75) is 6.92 Å². The van der Waals surface area contributed by atoms with Gasteiger partial charge in [0.1, 0.15) is 5.82 Å². The Morgan fingerprint density at radius 3 is 2.61 bits per heavy atom. The van der Waals surface area contributed by atoms with E-state index in [-0.39, 0.29) is 5.91 Å². The molecule has 0 atom stereocenters. The lowest BCUT2D eigenvalue weighted by Gasteiger charge is -2.08.